The van der Waals surface area contributed by atoms with Gasteiger partial charge in [-0.05, 0) is 49.2 Å². The molecule has 8 nitrogen and oxygen atoms in total. The molecule has 0 N–H and O–H groups in total. The summed E-state index contributed by atoms with van der Waals surface area (Å²) in [7, 11) is -3.30. The number of urea groups is 1. The number of rotatable bonds is 3. The van der Waals surface area contributed by atoms with Crippen molar-refractivity contribution in [2.45, 2.75) is 25.9 Å². The van der Waals surface area contributed by atoms with E-state index < -0.39 is 26.8 Å². The summed E-state index contributed by atoms with van der Waals surface area (Å²) in [5.74, 6) is -0.221. The van der Waals surface area contributed by atoms with Gasteiger partial charge in [0.25, 0.3) is 5.69 Å². The van der Waals surface area contributed by atoms with Crippen LogP contribution in [0, 0.1) is 24.0 Å². The highest BCUT2D eigenvalue weighted by Crippen LogP contribution is 2.38. The van der Waals surface area contributed by atoms with E-state index in [9.17, 15) is 23.3 Å². The van der Waals surface area contributed by atoms with Crippen molar-refractivity contribution in [2.75, 3.05) is 21.3 Å². The van der Waals surface area contributed by atoms with Crippen molar-refractivity contribution in [2.24, 2.45) is 0 Å². The van der Waals surface area contributed by atoms with Gasteiger partial charge in [-0.2, -0.15) is 0 Å². The third-order valence-electron chi connectivity index (χ3n) is 5.19. The molecule has 2 heterocycles. The lowest BCUT2D eigenvalue weighted by molar-refractivity contribution is -0.384. The molecule has 0 aliphatic carbocycles. The number of non-ortho nitro benzene ring substituents is 1. The first-order chi connectivity index (χ1) is 13.2. The Kier molecular flexibility index (Phi) is 4.15. The Balaban J connectivity index is 1.79. The SMILES string of the molecule is Cc1cc(C)cc(N2C(=O)N(c3ccc([N+](=O)[O-])cc3)[C@@H]3CS(=O)(=O)C[C@H]32)c1. The molecule has 146 valence electrons. The van der Waals surface area contributed by atoms with Crippen LogP contribution in [0.15, 0.2) is 42.5 Å². The number of benzene rings is 2. The van der Waals surface area contributed by atoms with Gasteiger partial charge in [0, 0.05) is 23.5 Å². The predicted octanol–water partition coefficient (Wildman–Crippen LogP) is 2.82. The molecule has 2 atom stereocenters. The summed E-state index contributed by atoms with van der Waals surface area (Å²) in [5.41, 5.74) is 2.99. The molecule has 2 amide bonds. The number of nitro benzene ring substituents is 1. The number of carbonyl (C=O) groups is 1. The van der Waals surface area contributed by atoms with Crippen molar-refractivity contribution in [1.29, 1.82) is 0 Å². The van der Waals surface area contributed by atoms with E-state index in [0.29, 0.717) is 11.4 Å². The molecular formula is C19H19N3O5S. The molecule has 0 spiro atoms. The van der Waals surface area contributed by atoms with Gasteiger partial charge in [-0.15, -0.1) is 0 Å². The molecule has 2 aliphatic heterocycles. The number of hydrogen-bond donors (Lipinski definition) is 0. The van der Waals surface area contributed by atoms with Crippen molar-refractivity contribution < 1.29 is 18.1 Å². The van der Waals surface area contributed by atoms with Crippen molar-refractivity contribution in [3.63, 3.8) is 0 Å². The molecule has 2 aromatic rings. The van der Waals surface area contributed by atoms with Crippen LogP contribution < -0.4 is 9.80 Å². The average molecular weight is 401 g/mol. The van der Waals surface area contributed by atoms with Crippen LogP contribution in [0.5, 0.6) is 0 Å². The number of nitrogens with zero attached hydrogens (tertiary/aromatic N) is 3. The molecule has 2 aromatic carbocycles. The number of anilines is 2. The largest absolute Gasteiger partial charge is 0.329 e. The van der Waals surface area contributed by atoms with Gasteiger partial charge < -0.3 is 0 Å². The highest BCUT2D eigenvalue weighted by Gasteiger charge is 2.54. The summed E-state index contributed by atoms with van der Waals surface area (Å²) < 4.78 is 24.7. The lowest BCUT2D eigenvalue weighted by Gasteiger charge is -2.23. The van der Waals surface area contributed by atoms with Crippen LogP contribution in [0.4, 0.5) is 21.9 Å². The van der Waals surface area contributed by atoms with Gasteiger partial charge in [-0.3, -0.25) is 19.9 Å². The van der Waals surface area contributed by atoms with Gasteiger partial charge in [-0.25, -0.2) is 13.2 Å². The number of fused-ring (bicyclic) bond motifs is 1. The quantitative estimate of drug-likeness (QED) is 0.447. The maximum atomic E-state index is 13.3. The Bertz CT molecular complexity index is 1060. The van der Waals surface area contributed by atoms with E-state index in [0.717, 1.165) is 11.1 Å². The van der Waals surface area contributed by atoms with Gasteiger partial charge >= 0.3 is 6.03 Å². The Hall–Kier alpha value is -2.94. The average Bonchev–Trinajstić information content (AvgIpc) is 3.02. The third-order valence-corrected chi connectivity index (χ3v) is 6.89. The summed E-state index contributed by atoms with van der Waals surface area (Å²) in [6, 6.07) is 10.0. The molecule has 28 heavy (non-hydrogen) atoms. The standard InChI is InChI=1S/C19H19N3O5S/c1-12-7-13(2)9-16(8-12)21-18-11-28(26,27)10-17(18)20(19(21)23)14-3-5-15(6-4-14)22(24)25/h3-9,17-18H,10-11H2,1-2H3/t17-,18-/m1/s1. The maximum Gasteiger partial charge on any atom is 0.329 e. The maximum absolute atomic E-state index is 13.3. The first-order valence-corrected chi connectivity index (χ1v) is 10.6. The second kappa shape index (κ2) is 6.30. The minimum atomic E-state index is -3.30. The molecule has 0 bridgehead atoms. The van der Waals surface area contributed by atoms with Crippen LogP contribution in [0.25, 0.3) is 0 Å². The minimum Gasteiger partial charge on any atom is -0.288 e. The summed E-state index contributed by atoms with van der Waals surface area (Å²) in [6.45, 7) is 3.85. The molecular weight excluding hydrogens is 382 g/mol. The third kappa shape index (κ3) is 3.01. The van der Waals surface area contributed by atoms with Crippen molar-refractivity contribution in [3.05, 3.63) is 63.7 Å². The molecule has 0 radical (unpaired) electrons. The minimum absolute atomic E-state index is 0.0860. The fourth-order valence-corrected chi connectivity index (χ4v) is 6.05. The van der Waals surface area contributed by atoms with Crippen LogP contribution in [-0.2, 0) is 9.84 Å². The van der Waals surface area contributed by atoms with Gasteiger partial charge in [-0.1, -0.05) is 6.07 Å². The van der Waals surface area contributed by atoms with Gasteiger partial charge in [0.1, 0.15) is 0 Å². The monoisotopic (exact) mass is 401 g/mol. The van der Waals surface area contributed by atoms with Crippen LogP contribution >= 0.6 is 0 Å². The van der Waals surface area contributed by atoms with Gasteiger partial charge in [0.05, 0.1) is 28.5 Å². The molecule has 2 aliphatic rings. The van der Waals surface area contributed by atoms with E-state index in [1.807, 2.05) is 32.0 Å². The number of amides is 2. The number of hydrogen-bond acceptors (Lipinski definition) is 5. The van der Waals surface area contributed by atoms with Crippen LogP contribution in [-0.4, -0.2) is 43.0 Å². The number of sulfone groups is 1. The molecule has 2 saturated heterocycles. The molecule has 0 saturated carbocycles. The molecule has 0 unspecified atom stereocenters. The highest BCUT2D eigenvalue weighted by molar-refractivity contribution is 7.91. The zero-order valence-corrected chi connectivity index (χ0v) is 16.2. The first-order valence-electron chi connectivity index (χ1n) is 8.82. The van der Waals surface area contributed by atoms with Gasteiger partial charge in [0.2, 0.25) is 0 Å². The molecule has 2 fully saturated rings. The Labute approximate surface area is 162 Å². The number of nitro groups is 1. The van der Waals surface area contributed by atoms with Crippen LogP contribution in [0.1, 0.15) is 11.1 Å². The van der Waals surface area contributed by atoms with Gasteiger partial charge in [0.15, 0.2) is 9.84 Å². The van der Waals surface area contributed by atoms with E-state index in [1.54, 1.807) is 4.90 Å². The second-order valence-electron chi connectivity index (χ2n) is 7.35. The van der Waals surface area contributed by atoms with E-state index in [1.165, 1.54) is 29.2 Å². The van der Waals surface area contributed by atoms with Crippen molar-refractivity contribution in [1.82, 2.24) is 0 Å². The topological polar surface area (TPSA) is 101 Å². The summed E-state index contributed by atoms with van der Waals surface area (Å²) in [5, 5.41) is 10.9. The van der Waals surface area contributed by atoms with Crippen molar-refractivity contribution in [3.8, 4) is 0 Å². The highest BCUT2D eigenvalue weighted by atomic mass is 32.2. The van der Waals surface area contributed by atoms with Crippen molar-refractivity contribution >= 4 is 32.9 Å². The summed E-state index contributed by atoms with van der Waals surface area (Å²) in [4.78, 5) is 26.7. The molecule has 0 aromatic heterocycles. The predicted molar refractivity (Wildman–Crippen MR) is 106 cm³/mol. The lowest BCUT2D eigenvalue weighted by atomic mass is 10.1. The molecule has 9 heteroatoms. The number of aryl methyl sites for hydroxylation is 2. The first kappa shape index (κ1) is 18.4. The second-order valence-corrected chi connectivity index (χ2v) is 9.51. The molecule has 4 rings (SSSR count). The van der Waals surface area contributed by atoms with E-state index in [4.69, 9.17) is 0 Å². The number of carbonyl (C=O) groups excluding carboxylic acids is 1. The smallest absolute Gasteiger partial charge is 0.288 e. The normalized spacial score (nSPS) is 23.1. The van der Waals surface area contributed by atoms with Crippen LogP contribution in [0.3, 0.4) is 0 Å². The fraction of sp³-hybridized carbons (Fsp3) is 0.316. The Morgan fingerprint density at radius 3 is 1.93 bits per heavy atom. The summed E-state index contributed by atoms with van der Waals surface area (Å²) in [6.07, 6.45) is 0. The zero-order valence-electron chi connectivity index (χ0n) is 15.4. The fourth-order valence-electron chi connectivity index (χ4n) is 4.13. The van der Waals surface area contributed by atoms with E-state index in [-0.39, 0.29) is 23.2 Å². The lowest BCUT2D eigenvalue weighted by Crippen LogP contribution is -2.38. The zero-order chi connectivity index (χ0) is 20.2. The summed E-state index contributed by atoms with van der Waals surface area (Å²) >= 11 is 0. The Morgan fingerprint density at radius 2 is 1.43 bits per heavy atom. The van der Waals surface area contributed by atoms with E-state index >= 15 is 0 Å². The Morgan fingerprint density at radius 1 is 0.929 bits per heavy atom. The van der Waals surface area contributed by atoms with E-state index in [2.05, 4.69) is 0 Å². The van der Waals surface area contributed by atoms with Crippen LogP contribution in [0.2, 0.25) is 0 Å².